The molecule has 0 saturated heterocycles. The summed E-state index contributed by atoms with van der Waals surface area (Å²) in [6, 6.07) is 17.3. The summed E-state index contributed by atoms with van der Waals surface area (Å²) < 4.78 is 10.4. The summed E-state index contributed by atoms with van der Waals surface area (Å²) in [5, 5.41) is 23.5. The Labute approximate surface area is 167 Å². The van der Waals surface area contributed by atoms with Gasteiger partial charge in [-0.15, -0.1) is 0 Å². The molecule has 1 aliphatic rings. The number of nitrogens with zero attached hydrogens (tertiary/aromatic N) is 1. The van der Waals surface area contributed by atoms with Crippen molar-refractivity contribution < 1.29 is 24.5 Å². The van der Waals surface area contributed by atoms with E-state index in [1.165, 1.54) is 13.2 Å². The molecular weight excluding hydrogens is 372 g/mol. The molecule has 0 aromatic heterocycles. The molecule has 4 rings (SSSR count). The first-order valence-electron chi connectivity index (χ1n) is 8.96. The number of benzene rings is 3. The zero-order chi connectivity index (χ0) is 20.5. The molecule has 148 valence electrons. The van der Waals surface area contributed by atoms with E-state index in [1.54, 1.807) is 54.5 Å². The number of hydrogen-bond acceptors (Lipinski definition) is 6. The average Bonchev–Trinajstić information content (AvgIpc) is 2.75. The van der Waals surface area contributed by atoms with Crippen molar-refractivity contribution >= 4 is 17.3 Å². The Morgan fingerprint density at radius 1 is 0.966 bits per heavy atom. The largest absolute Gasteiger partial charge is 0.504 e. The van der Waals surface area contributed by atoms with Crippen molar-refractivity contribution in [1.82, 2.24) is 0 Å². The van der Waals surface area contributed by atoms with E-state index in [-0.39, 0.29) is 23.2 Å². The Balaban J connectivity index is 1.87. The number of methoxy groups -OCH3 is 2. The number of hydrogen-bond donors (Lipinski definition) is 3. The summed E-state index contributed by atoms with van der Waals surface area (Å²) in [7, 11) is 2.97. The molecule has 29 heavy (non-hydrogen) atoms. The Morgan fingerprint density at radius 2 is 1.69 bits per heavy atom. The maximum Gasteiger partial charge on any atom is 0.262 e. The number of para-hydroxylation sites is 1. The molecule has 0 spiro atoms. The van der Waals surface area contributed by atoms with Crippen molar-refractivity contribution in [2.24, 2.45) is 0 Å². The molecule has 0 radical (unpaired) electrons. The summed E-state index contributed by atoms with van der Waals surface area (Å²) in [6.07, 6.45) is -0.633. The lowest BCUT2D eigenvalue weighted by molar-refractivity contribution is 0.0974. The van der Waals surface area contributed by atoms with Gasteiger partial charge in [-0.05, 0) is 48.5 Å². The van der Waals surface area contributed by atoms with Crippen LogP contribution in [0.2, 0.25) is 0 Å². The van der Waals surface area contributed by atoms with E-state index in [9.17, 15) is 15.0 Å². The van der Waals surface area contributed by atoms with Crippen molar-refractivity contribution in [3.63, 3.8) is 0 Å². The summed E-state index contributed by atoms with van der Waals surface area (Å²) in [5.41, 5.74) is 2.42. The van der Waals surface area contributed by atoms with Gasteiger partial charge in [-0.1, -0.05) is 12.1 Å². The molecule has 1 unspecified atom stereocenters. The molecule has 1 amide bonds. The van der Waals surface area contributed by atoms with Gasteiger partial charge >= 0.3 is 0 Å². The average molecular weight is 392 g/mol. The molecule has 3 N–H and O–H groups in total. The number of fused-ring (bicyclic) bond motifs is 1. The number of phenolic OH excluding ortho intramolecular Hbond substituents is 2. The van der Waals surface area contributed by atoms with E-state index >= 15 is 0 Å². The quantitative estimate of drug-likeness (QED) is 0.584. The van der Waals surface area contributed by atoms with E-state index in [0.717, 1.165) is 0 Å². The van der Waals surface area contributed by atoms with Gasteiger partial charge in [0.25, 0.3) is 5.91 Å². The monoisotopic (exact) mass is 392 g/mol. The number of carbonyl (C=O) groups excluding carboxylic acids is 1. The van der Waals surface area contributed by atoms with Crippen LogP contribution in [0.4, 0.5) is 11.4 Å². The minimum Gasteiger partial charge on any atom is -0.504 e. The number of ether oxygens (including phenoxy) is 2. The van der Waals surface area contributed by atoms with E-state index in [2.05, 4.69) is 5.32 Å². The number of rotatable bonds is 4. The van der Waals surface area contributed by atoms with Crippen LogP contribution < -0.4 is 19.7 Å². The highest BCUT2D eigenvalue weighted by atomic mass is 16.5. The Kier molecular flexibility index (Phi) is 4.64. The second-order valence-electron chi connectivity index (χ2n) is 6.56. The minimum atomic E-state index is -0.633. The zero-order valence-electron chi connectivity index (χ0n) is 15.9. The van der Waals surface area contributed by atoms with Crippen LogP contribution in [0, 0.1) is 0 Å². The molecule has 1 aliphatic heterocycles. The Hall–Kier alpha value is -3.87. The summed E-state index contributed by atoms with van der Waals surface area (Å²) in [6.45, 7) is 0. The van der Waals surface area contributed by atoms with Crippen molar-refractivity contribution in [2.75, 3.05) is 24.4 Å². The highest BCUT2D eigenvalue weighted by Gasteiger charge is 2.35. The third-order valence-electron chi connectivity index (χ3n) is 4.89. The van der Waals surface area contributed by atoms with Gasteiger partial charge in [0.2, 0.25) is 5.75 Å². The summed E-state index contributed by atoms with van der Waals surface area (Å²) in [5.74, 6) is -0.0900. The van der Waals surface area contributed by atoms with E-state index in [1.807, 2.05) is 12.1 Å². The number of nitrogens with one attached hydrogen (secondary N) is 1. The first-order chi connectivity index (χ1) is 14.0. The fraction of sp³-hybridized carbons (Fsp3) is 0.136. The Bertz CT molecular complexity index is 1070. The number of amides is 1. The third-order valence-corrected chi connectivity index (χ3v) is 4.89. The van der Waals surface area contributed by atoms with Crippen LogP contribution in [0.1, 0.15) is 22.1 Å². The van der Waals surface area contributed by atoms with Gasteiger partial charge < -0.3 is 25.0 Å². The van der Waals surface area contributed by atoms with Gasteiger partial charge in [0, 0.05) is 16.9 Å². The van der Waals surface area contributed by atoms with Crippen molar-refractivity contribution in [2.45, 2.75) is 6.17 Å². The SMILES string of the molecule is COc1ccc(N2C(=O)c3ccccc3NC2c2cc(O)c(O)c(OC)c2)cc1. The van der Waals surface area contributed by atoms with Gasteiger partial charge in [0.15, 0.2) is 11.5 Å². The lowest BCUT2D eigenvalue weighted by Crippen LogP contribution is -2.43. The fourth-order valence-electron chi connectivity index (χ4n) is 3.42. The molecule has 3 aromatic rings. The van der Waals surface area contributed by atoms with Gasteiger partial charge in [-0.3, -0.25) is 9.69 Å². The predicted octanol–water partition coefficient (Wildman–Crippen LogP) is 3.89. The molecule has 1 heterocycles. The van der Waals surface area contributed by atoms with Gasteiger partial charge in [0.05, 0.1) is 19.8 Å². The van der Waals surface area contributed by atoms with Crippen LogP contribution in [0.25, 0.3) is 0 Å². The van der Waals surface area contributed by atoms with Crippen molar-refractivity contribution in [3.05, 3.63) is 71.8 Å². The number of aromatic hydroxyl groups is 2. The molecule has 0 aliphatic carbocycles. The van der Waals surface area contributed by atoms with Gasteiger partial charge in [0.1, 0.15) is 11.9 Å². The second-order valence-corrected chi connectivity index (χ2v) is 6.56. The van der Waals surface area contributed by atoms with Gasteiger partial charge in [-0.25, -0.2) is 0 Å². The van der Waals surface area contributed by atoms with Crippen LogP contribution >= 0.6 is 0 Å². The minimum absolute atomic E-state index is 0.114. The van der Waals surface area contributed by atoms with Crippen LogP contribution in [0.15, 0.2) is 60.7 Å². The molecule has 0 saturated carbocycles. The van der Waals surface area contributed by atoms with Gasteiger partial charge in [-0.2, -0.15) is 0 Å². The molecule has 0 bridgehead atoms. The first kappa shape index (κ1) is 18.5. The standard InChI is InChI=1S/C22H20N2O5/c1-28-15-9-7-14(8-10-15)24-21(13-11-18(25)20(26)19(12-13)29-2)23-17-6-4-3-5-16(17)22(24)27/h3-12,21,23,25-26H,1-2H3. The summed E-state index contributed by atoms with van der Waals surface area (Å²) in [4.78, 5) is 15.0. The lowest BCUT2D eigenvalue weighted by Gasteiger charge is -2.38. The van der Waals surface area contributed by atoms with Crippen LogP contribution in [0.5, 0.6) is 23.0 Å². The number of phenols is 2. The molecular formula is C22H20N2O5. The normalized spacial score (nSPS) is 15.4. The third kappa shape index (κ3) is 3.16. The predicted molar refractivity (Wildman–Crippen MR) is 109 cm³/mol. The van der Waals surface area contributed by atoms with Crippen LogP contribution in [-0.2, 0) is 0 Å². The van der Waals surface area contributed by atoms with Crippen LogP contribution in [-0.4, -0.2) is 30.3 Å². The van der Waals surface area contributed by atoms with Crippen molar-refractivity contribution in [3.8, 4) is 23.0 Å². The molecule has 7 nitrogen and oxygen atoms in total. The second kappa shape index (κ2) is 7.27. The maximum absolute atomic E-state index is 13.4. The molecule has 0 fully saturated rings. The highest BCUT2D eigenvalue weighted by molar-refractivity contribution is 6.12. The lowest BCUT2D eigenvalue weighted by atomic mass is 10.0. The first-order valence-corrected chi connectivity index (χ1v) is 8.96. The molecule has 1 atom stereocenters. The van der Waals surface area contributed by atoms with Crippen molar-refractivity contribution in [1.29, 1.82) is 0 Å². The van der Waals surface area contributed by atoms with E-state index < -0.39 is 6.17 Å². The summed E-state index contributed by atoms with van der Waals surface area (Å²) >= 11 is 0. The Morgan fingerprint density at radius 3 is 2.38 bits per heavy atom. The maximum atomic E-state index is 13.4. The topological polar surface area (TPSA) is 91.3 Å². The number of carbonyl (C=O) groups is 1. The van der Waals surface area contributed by atoms with E-state index in [0.29, 0.717) is 28.3 Å². The molecule has 7 heteroatoms. The smallest absolute Gasteiger partial charge is 0.262 e. The highest BCUT2D eigenvalue weighted by Crippen LogP contribution is 2.42. The van der Waals surface area contributed by atoms with Crippen LogP contribution in [0.3, 0.4) is 0 Å². The number of anilines is 2. The zero-order valence-corrected chi connectivity index (χ0v) is 15.9. The van der Waals surface area contributed by atoms with E-state index in [4.69, 9.17) is 9.47 Å². The molecule has 3 aromatic carbocycles. The fourth-order valence-corrected chi connectivity index (χ4v) is 3.42.